The SMILES string of the molecule is Cn1cnc2c(F)c(Cc3ccc(Br)cc3Cl)c(C(=O)COCCCS(C)(=O)=O)cc21. The fourth-order valence-electron chi connectivity index (χ4n) is 3.21. The molecule has 0 saturated heterocycles. The number of benzene rings is 2. The van der Waals surface area contributed by atoms with Gasteiger partial charge in [0.2, 0.25) is 0 Å². The Morgan fingerprint density at radius 3 is 2.74 bits per heavy atom. The molecule has 0 atom stereocenters. The lowest BCUT2D eigenvalue weighted by molar-refractivity contribution is 0.0761. The zero-order valence-electron chi connectivity index (χ0n) is 17.0. The van der Waals surface area contributed by atoms with E-state index in [0.29, 0.717) is 16.1 Å². The summed E-state index contributed by atoms with van der Waals surface area (Å²) >= 11 is 9.65. The highest BCUT2D eigenvalue weighted by molar-refractivity contribution is 9.10. The highest BCUT2D eigenvalue weighted by atomic mass is 79.9. The monoisotopic (exact) mass is 530 g/mol. The van der Waals surface area contributed by atoms with Crippen molar-refractivity contribution in [3.05, 3.63) is 62.6 Å². The molecule has 0 N–H and O–H groups in total. The molecule has 0 amide bonds. The number of aryl methyl sites for hydroxylation is 1. The number of ether oxygens (including phenoxy) is 1. The number of halogens is 3. The minimum Gasteiger partial charge on any atom is -0.373 e. The highest BCUT2D eigenvalue weighted by Gasteiger charge is 2.22. The minimum absolute atomic E-state index is 0.0237. The maximum Gasteiger partial charge on any atom is 0.188 e. The first-order valence-corrected chi connectivity index (χ1v) is 12.6. The van der Waals surface area contributed by atoms with Gasteiger partial charge in [0.05, 0.1) is 17.6 Å². The Morgan fingerprint density at radius 1 is 1.32 bits per heavy atom. The van der Waals surface area contributed by atoms with Crippen LogP contribution >= 0.6 is 27.5 Å². The van der Waals surface area contributed by atoms with E-state index in [4.69, 9.17) is 16.3 Å². The van der Waals surface area contributed by atoms with E-state index in [1.165, 1.54) is 6.33 Å². The van der Waals surface area contributed by atoms with E-state index in [1.54, 1.807) is 35.9 Å². The van der Waals surface area contributed by atoms with Gasteiger partial charge in [-0.2, -0.15) is 0 Å². The van der Waals surface area contributed by atoms with Gasteiger partial charge in [-0.3, -0.25) is 4.79 Å². The second kappa shape index (κ2) is 9.77. The lowest BCUT2D eigenvalue weighted by Crippen LogP contribution is -2.15. The van der Waals surface area contributed by atoms with E-state index in [-0.39, 0.29) is 48.5 Å². The van der Waals surface area contributed by atoms with Crippen molar-refractivity contribution in [2.24, 2.45) is 7.05 Å². The third kappa shape index (κ3) is 5.91. The molecule has 166 valence electrons. The molecule has 1 aromatic heterocycles. The van der Waals surface area contributed by atoms with Crippen LogP contribution in [-0.4, -0.2) is 49.0 Å². The molecule has 6 nitrogen and oxygen atoms in total. The Labute approximate surface area is 193 Å². The van der Waals surface area contributed by atoms with Gasteiger partial charge in [0, 0.05) is 47.0 Å². The fourth-order valence-corrected chi connectivity index (χ4v) is 4.59. The molecule has 0 aliphatic heterocycles. The van der Waals surface area contributed by atoms with E-state index in [9.17, 15) is 13.2 Å². The lowest BCUT2D eigenvalue weighted by Gasteiger charge is -2.13. The molecular weight excluding hydrogens is 511 g/mol. The van der Waals surface area contributed by atoms with Crippen LogP contribution in [0.15, 0.2) is 35.1 Å². The van der Waals surface area contributed by atoms with Crippen LogP contribution in [0.1, 0.15) is 27.9 Å². The average molecular weight is 532 g/mol. The van der Waals surface area contributed by atoms with Crippen LogP contribution in [0.25, 0.3) is 11.0 Å². The van der Waals surface area contributed by atoms with Gasteiger partial charge in [-0.25, -0.2) is 17.8 Å². The van der Waals surface area contributed by atoms with E-state index in [2.05, 4.69) is 20.9 Å². The van der Waals surface area contributed by atoms with Gasteiger partial charge in [-0.15, -0.1) is 0 Å². The number of fused-ring (bicyclic) bond motifs is 1. The number of hydrogen-bond donors (Lipinski definition) is 0. The van der Waals surface area contributed by atoms with E-state index >= 15 is 4.39 Å². The van der Waals surface area contributed by atoms with Crippen molar-refractivity contribution in [1.82, 2.24) is 9.55 Å². The van der Waals surface area contributed by atoms with Crippen molar-refractivity contribution in [3.63, 3.8) is 0 Å². The topological polar surface area (TPSA) is 78.3 Å². The highest BCUT2D eigenvalue weighted by Crippen LogP contribution is 2.29. The number of carbonyl (C=O) groups is 1. The van der Waals surface area contributed by atoms with Crippen molar-refractivity contribution < 1.29 is 22.3 Å². The lowest BCUT2D eigenvalue weighted by atomic mass is 9.95. The summed E-state index contributed by atoms with van der Waals surface area (Å²) in [6, 6.07) is 6.88. The fraction of sp³-hybridized carbons (Fsp3) is 0.333. The predicted octanol–water partition coefficient (Wildman–Crippen LogP) is 4.35. The zero-order chi connectivity index (χ0) is 22.8. The first-order chi connectivity index (χ1) is 14.6. The maximum absolute atomic E-state index is 15.4. The summed E-state index contributed by atoms with van der Waals surface area (Å²) in [5.41, 5.74) is 1.72. The summed E-state index contributed by atoms with van der Waals surface area (Å²) in [7, 11) is -1.38. The Morgan fingerprint density at radius 2 is 2.06 bits per heavy atom. The summed E-state index contributed by atoms with van der Waals surface area (Å²) in [4.78, 5) is 17.0. The van der Waals surface area contributed by atoms with E-state index in [1.807, 2.05) is 0 Å². The molecule has 3 aromatic rings. The van der Waals surface area contributed by atoms with Gasteiger partial charge in [0.25, 0.3) is 0 Å². The van der Waals surface area contributed by atoms with Crippen molar-refractivity contribution in [2.75, 3.05) is 25.2 Å². The number of aromatic nitrogens is 2. The number of carbonyl (C=O) groups excluding carboxylic acids is 1. The first kappa shape index (κ1) is 23.8. The summed E-state index contributed by atoms with van der Waals surface area (Å²) in [5.74, 6) is -0.994. The van der Waals surface area contributed by atoms with Crippen LogP contribution in [0.5, 0.6) is 0 Å². The number of sulfone groups is 1. The van der Waals surface area contributed by atoms with E-state index < -0.39 is 21.4 Å². The Kier molecular flexibility index (Phi) is 7.51. The molecule has 3 rings (SSSR count). The molecule has 0 saturated carbocycles. The van der Waals surface area contributed by atoms with Gasteiger partial charge in [0.1, 0.15) is 22.0 Å². The van der Waals surface area contributed by atoms with Crippen molar-refractivity contribution in [1.29, 1.82) is 0 Å². The second-order valence-corrected chi connectivity index (χ2v) is 10.9. The number of nitrogens with zero attached hydrogens (tertiary/aromatic N) is 2. The summed E-state index contributed by atoms with van der Waals surface area (Å²) in [6.07, 6.45) is 3.02. The van der Waals surface area contributed by atoms with Gasteiger partial charge >= 0.3 is 0 Å². The van der Waals surface area contributed by atoms with Crippen molar-refractivity contribution >= 4 is 54.2 Å². The second-order valence-electron chi connectivity index (χ2n) is 7.31. The molecule has 0 spiro atoms. The normalized spacial score (nSPS) is 11.9. The Hall–Kier alpha value is -1.81. The number of hydrogen-bond acceptors (Lipinski definition) is 5. The quantitative estimate of drug-likeness (QED) is 0.303. The molecule has 1 heterocycles. The number of Topliss-reactive ketones (excluding diaryl/α,β-unsaturated/α-hetero) is 1. The molecular formula is C21H21BrClFN2O4S. The Balaban J connectivity index is 1.90. The molecule has 31 heavy (non-hydrogen) atoms. The smallest absolute Gasteiger partial charge is 0.188 e. The van der Waals surface area contributed by atoms with Gasteiger partial charge in [-0.1, -0.05) is 33.6 Å². The largest absolute Gasteiger partial charge is 0.373 e. The Bertz CT molecular complexity index is 1240. The van der Waals surface area contributed by atoms with Crippen molar-refractivity contribution in [2.45, 2.75) is 12.8 Å². The maximum atomic E-state index is 15.4. The van der Waals surface area contributed by atoms with Crippen LogP contribution < -0.4 is 0 Å². The number of imidazole rings is 1. The third-order valence-corrected chi connectivity index (χ3v) is 6.66. The number of ketones is 1. The standard InChI is InChI=1S/C21H21BrClFN2O4S/c1-26-12-25-21-18(26)10-15(19(27)11-30-6-3-7-31(2,28)29)16(20(21)24)8-13-4-5-14(22)9-17(13)23/h4-5,9-10,12H,3,6-8,11H2,1-2H3. The average Bonchev–Trinajstić information content (AvgIpc) is 3.05. The molecule has 0 fully saturated rings. The van der Waals surface area contributed by atoms with Crippen LogP contribution in [0.2, 0.25) is 5.02 Å². The van der Waals surface area contributed by atoms with Crippen LogP contribution in [-0.2, 0) is 28.0 Å². The van der Waals surface area contributed by atoms with E-state index in [0.717, 1.165) is 10.7 Å². The molecule has 0 unspecified atom stereocenters. The minimum atomic E-state index is -3.09. The van der Waals surface area contributed by atoms with Gasteiger partial charge in [0.15, 0.2) is 11.6 Å². The summed E-state index contributed by atoms with van der Waals surface area (Å²) in [6.45, 7) is -0.170. The molecule has 0 aliphatic rings. The number of rotatable bonds is 9. The molecule has 10 heteroatoms. The molecule has 2 aromatic carbocycles. The zero-order valence-corrected chi connectivity index (χ0v) is 20.2. The van der Waals surface area contributed by atoms with Gasteiger partial charge in [-0.05, 0) is 30.2 Å². The molecule has 0 aliphatic carbocycles. The van der Waals surface area contributed by atoms with Crippen LogP contribution in [0.3, 0.4) is 0 Å². The molecule has 0 radical (unpaired) electrons. The van der Waals surface area contributed by atoms with Crippen LogP contribution in [0, 0.1) is 5.82 Å². The van der Waals surface area contributed by atoms with Crippen molar-refractivity contribution in [3.8, 4) is 0 Å². The van der Waals surface area contributed by atoms with Gasteiger partial charge < -0.3 is 9.30 Å². The summed E-state index contributed by atoms with van der Waals surface area (Å²) < 4.78 is 45.6. The predicted molar refractivity (Wildman–Crippen MR) is 122 cm³/mol. The third-order valence-electron chi connectivity index (χ3n) is 4.78. The molecule has 0 bridgehead atoms. The first-order valence-electron chi connectivity index (χ1n) is 9.42. The summed E-state index contributed by atoms with van der Waals surface area (Å²) in [5, 5.41) is 0.449. The van der Waals surface area contributed by atoms with Crippen LogP contribution in [0.4, 0.5) is 4.39 Å².